The first-order chi connectivity index (χ1) is 32.5. The number of hydrogen-bond donors (Lipinski definition) is 3. The van der Waals surface area contributed by atoms with Crippen molar-refractivity contribution in [2.45, 2.75) is 83.4 Å². The van der Waals surface area contributed by atoms with Gasteiger partial charge >= 0.3 is 64.1 Å². The highest BCUT2D eigenvalue weighted by molar-refractivity contribution is 5.85. The second-order valence-electron chi connectivity index (χ2n) is 14.8. The van der Waals surface area contributed by atoms with Crippen molar-refractivity contribution in [3.63, 3.8) is 0 Å². The van der Waals surface area contributed by atoms with Gasteiger partial charge in [0.25, 0.3) is 0 Å². The van der Waals surface area contributed by atoms with Crippen LogP contribution in [0.3, 0.4) is 0 Å². The van der Waals surface area contributed by atoms with Gasteiger partial charge < -0.3 is 48.5 Å². The molecule has 0 bridgehead atoms. The lowest BCUT2D eigenvalue weighted by Gasteiger charge is -2.28. The molecule has 4 amide bonds. The molecule has 0 radical (unpaired) electrons. The van der Waals surface area contributed by atoms with Crippen LogP contribution in [0.15, 0.2) is 28.8 Å². The molecule has 4 heterocycles. The second-order valence-corrected chi connectivity index (χ2v) is 14.8. The predicted octanol–water partition coefficient (Wildman–Crippen LogP) is -6.56. The minimum absolute atomic E-state index is 0.0847. The zero-order chi connectivity index (χ0) is 50.2. The van der Waals surface area contributed by atoms with Gasteiger partial charge in [-0.25, -0.2) is 65.8 Å². The summed E-state index contributed by atoms with van der Waals surface area (Å²) in [7, 11) is 5.15. The number of aliphatic hydroxyl groups excluding tert-OH is 3. The van der Waals surface area contributed by atoms with Crippen LogP contribution < -0.4 is 34.1 Å². The van der Waals surface area contributed by atoms with Crippen LogP contribution in [0.4, 0.5) is 9.59 Å². The third-order valence-corrected chi connectivity index (χ3v) is 10.4. The zero-order valence-electron chi connectivity index (χ0n) is 37.8. The Labute approximate surface area is 383 Å². The average Bonchev–Trinajstić information content (AvgIpc) is 3.72. The highest BCUT2D eigenvalue weighted by Crippen LogP contribution is 2.34. The fourth-order valence-corrected chi connectivity index (χ4v) is 7.17. The van der Waals surface area contributed by atoms with Crippen molar-refractivity contribution in [2.24, 2.45) is 0 Å². The van der Waals surface area contributed by atoms with Gasteiger partial charge in [-0.05, 0) is 6.42 Å². The van der Waals surface area contributed by atoms with E-state index < -0.39 is 174 Å². The molecule has 0 spiro atoms. The van der Waals surface area contributed by atoms with E-state index in [-0.39, 0.29) is 33.2 Å². The van der Waals surface area contributed by atoms with Crippen molar-refractivity contribution >= 4 is 30.0 Å². The third kappa shape index (κ3) is 12.5. The maximum atomic E-state index is 13.6. The Bertz CT molecular complexity index is 2470. The quantitative estimate of drug-likeness (QED) is 0.0388. The van der Waals surface area contributed by atoms with E-state index >= 15 is 0 Å². The fourth-order valence-electron chi connectivity index (χ4n) is 7.17. The minimum atomic E-state index is -1.24. The van der Waals surface area contributed by atoms with Crippen LogP contribution >= 0.6 is 0 Å². The molecule has 3 N–H and O–H groups in total. The van der Waals surface area contributed by atoms with E-state index in [1.165, 1.54) is 40.9 Å². The number of ether oxygens (including phenoxy) is 7. The van der Waals surface area contributed by atoms with Gasteiger partial charge in [0, 0.05) is 47.6 Å². The molecule has 2 aromatic rings. The summed E-state index contributed by atoms with van der Waals surface area (Å²) in [5.74, 6) is -2.82. The summed E-state index contributed by atoms with van der Waals surface area (Å²) in [5, 5.41) is 28.2. The zero-order valence-corrected chi connectivity index (χ0v) is 37.8. The topological polar surface area (TPSA) is 356 Å². The molecule has 31 heteroatoms. The average molecular weight is 977 g/mol. The molecular formula is C37H56N10O21. The highest BCUT2D eigenvalue weighted by Gasteiger charge is 2.59. The molecule has 2 fully saturated rings. The molecule has 3 unspecified atom stereocenters. The van der Waals surface area contributed by atoms with E-state index in [0.717, 1.165) is 7.11 Å². The summed E-state index contributed by atoms with van der Waals surface area (Å²) < 4.78 is 39.2. The normalized spacial score (nSPS) is 16.2. The largest absolute Gasteiger partial charge is 0.469 e. The molecule has 2 saturated heterocycles. The molecule has 380 valence electrons. The van der Waals surface area contributed by atoms with Crippen LogP contribution in [0.1, 0.15) is 25.7 Å². The standard InChI is InChI=1S/C37H56N10O21/c1-62-20-44-28-29(46(22-64-3)36(44)60)47(37(61)45(28)21-63-2)23-66-17-13-42-33(57)41(12-16-49)34(58)43(35(42)59)14-18-67-26(52)6-10-39-30(54)38(9-5-25(51)65-4)31(55)40(32(39)56)11-7-27(53)68-19-24(50)8-15-48/h24,28-29,48-50H,5-23H2,1-4H3. The molecule has 2 aliphatic rings. The van der Waals surface area contributed by atoms with Crippen molar-refractivity contribution in [1.29, 1.82) is 0 Å². The first-order valence-corrected chi connectivity index (χ1v) is 20.9. The van der Waals surface area contributed by atoms with E-state index in [0.29, 0.717) is 27.4 Å². The van der Waals surface area contributed by atoms with Crippen molar-refractivity contribution in [2.75, 3.05) is 88.4 Å². The molecule has 2 aromatic heterocycles. The summed E-state index contributed by atoms with van der Waals surface area (Å²) in [6.45, 7) is -7.18. The summed E-state index contributed by atoms with van der Waals surface area (Å²) in [6, 6.07) is -1.10. The lowest BCUT2D eigenvalue weighted by molar-refractivity contribution is -0.147. The maximum Gasteiger partial charge on any atom is 0.336 e. The van der Waals surface area contributed by atoms with Crippen molar-refractivity contribution in [1.82, 2.24) is 47.0 Å². The van der Waals surface area contributed by atoms with E-state index in [2.05, 4.69) is 4.74 Å². The van der Waals surface area contributed by atoms with Crippen LogP contribution in [-0.4, -0.2) is 199 Å². The number of rotatable bonds is 29. The molecule has 3 atom stereocenters. The van der Waals surface area contributed by atoms with Gasteiger partial charge in [0.05, 0.1) is 65.3 Å². The summed E-state index contributed by atoms with van der Waals surface area (Å²) in [6.07, 6.45) is -4.82. The van der Waals surface area contributed by atoms with Gasteiger partial charge in [-0.3, -0.25) is 34.0 Å². The number of nitrogens with zero attached hydrogens (tertiary/aromatic N) is 10. The number of fused-ring (bicyclic) bond motifs is 1. The Morgan fingerprint density at radius 1 is 0.485 bits per heavy atom. The number of aliphatic hydroxyl groups is 3. The summed E-state index contributed by atoms with van der Waals surface area (Å²) >= 11 is 0. The number of carbonyl (C=O) groups is 5. The van der Waals surface area contributed by atoms with E-state index in [1.807, 2.05) is 0 Å². The van der Waals surface area contributed by atoms with Gasteiger partial charge in [0.15, 0.2) is 12.3 Å². The van der Waals surface area contributed by atoms with Crippen molar-refractivity contribution in [3.8, 4) is 0 Å². The number of hydrogen-bond acceptors (Lipinski definition) is 21. The molecule has 0 saturated carbocycles. The Morgan fingerprint density at radius 3 is 1.25 bits per heavy atom. The molecule has 68 heavy (non-hydrogen) atoms. The van der Waals surface area contributed by atoms with Gasteiger partial charge in [-0.1, -0.05) is 0 Å². The monoisotopic (exact) mass is 976 g/mol. The minimum Gasteiger partial charge on any atom is -0.469 e. The lowest BCUT2D eigenvalue weighted by Crippen LogP contribution is -2.55. The predicted molar refractivity (Wildman–Crippen MR) is 223 cm³/mol. The van der Waals surface area contributed by atoms with Gasteiger partial charge in [0.1, 0.15) is 40.1 Å². The molecule has 0 aliphatic carbocycles. The number of methoxy groups -OCH3 is 4. The third-order valence-electron chi connectivity index (χ3n) is 10.4. The molecule has 0 aromatic carbocycles. The van der Waals surface area contributed by atoms with Crippen LogP contribution in [0.25, 0.3) is 0 Å². The van der Waals surface area contributed by atoms with Crippen LogP contribution in [0.2, 0.25) is 0 Å². The lowest BCUT2D eigenvalue weighted by atomic mass is 10.3. The summed E-state index contributed by atoms with van der Waals surface area (Å²) in [4.78, 5) is 149. The summed E-state index contributed by atoms with van der Waals surface area (Å²) in [5.41, 5.74) is -7.09. The highest BCUT2D eigenvalue weighted by atomic mass is 16.5. The van der Waals surface area contributed by atoms with Gasteiger partial charge in [-0.15, -0.1) is 0 Å². The smallest absolute Gasteiger partial charge is 0.336 e. The van der Waals surface area contributed by atoms with Gasteiger partial charge in [-0.2, -0.15) is 0 Å². The Balaban J connectivity index is 1.46. The van der Waals surface area contributed by atoms with Crippen molar-refractivity contribution in [3.05, 3.63) is 62.9 Å². The van der Waals surface area contributed by atoms with Crippen LogP contribution in [0, 0.1) is 0 Å². The SMILES string of the molecule is COCN1C(=O)N(COC)C2C1N(COC)C(=O)N2COCCn1c(=O)n(CCO)c(=O)n(CCOC(=O)CCn2c(=O)n(CCC(=O)OC)c(=O)n(CCC(=O)OCC(O)CCO)c2=O)c1=O. The Hall–Kier alpha value is -6.51. The van der Waals surface area contributed by atoms with Crippen LogP contribution in [-0.2, 0) is 86.8 Å². The molecular weight excluding hydrogens is 920 g/mol. The fraction of sp³-hybridized carbons (Fsp3) is 0.703. The number of aromatic nitrogens is 6. The molecule has 2 aliphatic heterocycles. The number of amides is 4. The first-order valence-electron chi connectivity index (χ1n) is 20.9. The van der Waals surface area contributed by atoms with Crippen molar-refractivity contribution < 1.29 is 72.5 Å². The number of carbonyl (C=O) groups excluding carboxylic acids is 5. The molecule has 4 rings (SSSR count). The van der Waals surface area contributed by atoms with E-state index in [9.17, 15) is 63.0 Å². The molecule has 31 nitrogen and oxygen atoms in total. The van der Waals surface area contributed by atoms with Gasteiger partial charge in [0.2, 0.25) is 0 Å². The van der Waals surface area contributed by atoms with E-state index in [4.69, 9.17) is 33.5 Å². The number of urea groups is 2. The van der Waals surface area contributed by atoms with Crippen LogP contribution in [0.5, 0.6) is 0 Å². The Kier molecular flexibility index (Phi) is 20.3. The van der Waals surface area contributed by atoms with E-state index in [1.54, 1.807) is 0 Å². The first kappa shape index (κ1) is 54.1. The maximum absolute atomic E-state index is 13.6. The number of esters is 3. The second kappa shape index (κ2) is 25.6. The Morgan fingerprint density at radius 2 is 0.853 bits per heavy atom.